The molecule has 0 aromatic carbocycles. The summed E-state index contributed by atoms with van der Waals surface area (Å²) < 4.78 is 28.7. The van der Waals surface area contributed by atoms with Gasteiger partial charge in [-0.15, -0.1) is 32.9 Å². The third kappa shape index (κ3) is 4.30. The lowest BCUT2D eigenvalue weighted by atomic mass is 10.1. The van der Waals surface area contributed by atoms with Crippen LogP contribution in [0.2, 0.25) is 0 Å². The number of thioether (sulfide) groups is 1. The molecule has 1 aliphatic heterocycles. The van der Waals surface area contributed by atoms with Gasteiger partial charge in [-0.1, -0.05) is 17.8 Å². The molecular weight excluding hydrogens is 398 g/mol. The number of rotatable bonds is 6. The fourth-order valence-electron chi connectivity index (χ4n) is 2.68. The van der Waals surface area contributed by atoms with Gasteiger partial charge in [-0.2, -0.15) is 0 Å². The summed E-state index contributed by atoms with van der Waals surface area (Å²) in [4.78, 5) is 5.80. The molecule has 1 aliphatic rings. The molecule has 0 N–H and O–H groups in total. The zero-order valence-electron chi connectivity index (χ0n) is 13.1. The van der Waals surface area contributed by atoms with Gasteiger partial charge in [0.1, 0.15) is 5.01 Å². The average Bonchev–Trinajstić information content (AvgIpc) is 3.32. The molecule has 132 valence electrons. The Bertz CT molecular complexity index is 947. The van der Waals surface area contributed by atoms with Crippen molar-refractivity contribution in [3.8, 4) is 9.88 Å². The second kappa shape index (κ2) is 7.18. The van der Waals surface area contributed by atoms with Crippen molar-refractivity contribution >= 4 is 44.3 Å². The van der Waals surface area contributed by atoms with Crippen LogP contribution in [0.5, 0.6) is 0 Å². The van der Waals surface area contributed by atoms with Crippen molar-refractivity contribution in [3.05, 3.63) is 34.5 Å². The predicted molar refractivity (Wildman–Crippen MR) is 99.8 cm³/mol. The van der Waals surface area contributed by atoms with Gasteiger partial charge >= 0.3 is 0 Å². The number of thiophene rings is 1. The molecule has 0 aliphatic carbocycles. The molecule has 1 saturated heterocycles. The molecule has 0 bridgehead atoms. The van der Waals surface area contributed by atoms with E-state index in [1.807, 2.05) is 16.8 Å². The molecule has 0 radical (unpaired) electrons. The number of aromatic nitrogens is 3. The van der Waals surface area contributed by atoms with Crippen LogP contribution in [0.25, 0.3) is 9.88 Å². The Kier molecular flexibility index (Phi) is 4.94. The number of sulfone groups is 1. The standard InChI is InChI=1S/C15H15N3O3S4/c19-25(20)5-3-10(9-25)6-13-17-18-15(21-13)24-8-11-7-23-14(16-11)12-2-1-4-22-12/h1-2,4,7,10H,3,5-6,8-9H2/t10-/m1/s1. The van der Waals surface area contributed by atoms with Gasteiger partial charge in [0.15, 0.2) is 9.84 Å². The third-order valence-electron chi connectivity index (χ3n) is 3.87. The molecule has 4 heterocycles. The fraction of sp³-hybridized carbons (Fsp3) is 0.400. The molecule has 10 heteroatoms. The van der Waals surface area contributed by atoms with Crippen LogP contribution in [0, 0.1) is 5.92 Å². The third-order valence-corrected chi connectivity index (χ3v) is 8.48. The molecule has 4 rings (SSSR count). The summed E-state index contributed by atoms with van der Waals surface area (Å²) in [5.74, 6) is 1.77. The minimum absolute atomic E-state index is 0.0928. The van der Waals surface area contributed by atoms with Crippen LogP contribution < -0.4 is 0 Å². The van der Waals surface area contributed by atoms with Crippen LogP contribution in [0.3, 0.4) is 0 Å². The number of hydrogen-bond acceptors (Lipinski definition) is 9. The number of thiazole rings is 1. The Morgan fingerprint density at radius 3 is 3.00 bits per heavy atom. The van der Waals surface area contributed by atoms with Crippen LogP contribution in [0.15, 0.2) is 32.5 Å². The highest BCUT2D eigenvalue weighted by atomic mass is 32.2. The lowest BCUT2D eigenvalue weighted by Gasteiger charge is -2.01. The number of nitrogens with zero attached hydrogens (tertiary/aromatic N) is 3. The minimum Gasteiger partial charge on any atom is -0.416 e. The highest BCUT2D eigenvalue weighted by Crippen LogP contribution is 2.30. The van der Waals surface area contributed by atoms with Crippen LogP contribution in [0.4, 0.5) is 0 Å². The van der Waals surface area contributed by atoms with Gasteiger partial charge in [-0.05, 0) is 23.8 Å². The lowest BCUT2D eigenvalue weighted by molar-refractivity contribution is 0.389. The molecule has 3 aromatic rings. The molecule has 0 spiro atoms. The van der Waals surface area contributed by atoms with E-state index in [2.05, 4.69) is 21.2 Å². The molecule has 0 saturated carbocycles. The summed E-state index contributed by atoms with van der Waals surface area (Å²) in [5, 5.41) is 13.7. The van der Waals surface area contributed by atoms with Gasteiger partial charge in [-0.3, -0.25) is 0 Å². The van der Waals surface area contributed by atoms with Crippen molar-refractivity contribution in [3.63, 3.8) is 0 Å². The summed E-state index contributed by atoms with van der Waals surface area (Å²) in [6, 6.07) is 4.08. The maximum Gasteiger partial charge on any atom is 0.276 e. The largest absolute Gasteiger partial charge is 0.416 e. The Morgan fingerprint density at radius 1 is 1.32 bits per heavy atom. The quantitative estimate of drug-likeness (QED) is 0.571. The normalized spacial score (nSPS) is 19.4. The highest BCUT2D eigenvalue weighted by Gasteiger charge is 2.29. The van der Waals surface area contributed by atoms with Crippen molar-refractivity contribution in [2.45, 2.75) is 23.8 Å². The Balaban J connectivity index is 1.33. The molecule has 1 atom stereocenters. The Hall–Kier alpha value is -1.23. The summed E-state index contributed by atoms with van der Waals surface area (Å²) in [7, 11) is -2.87. The first-order valence-electron chi connectivity index (χ1n) is 7.71. The average molecular weight is 414 g/mol. The monoisotopic (exact) mass is 413 g/mol. The van der Waals surface area contributed by atoms with E-state index in [4.69, 9.17) is 4.42 Å². The van der Waals surface area contributed by atoms with Crippen molar-refractivity contribution in [2.75, 3.05) is 11.5 Å². The van der Waals surface area contributed by atoms with E-state index < -0.39 is 9.84 Å². The van der Waals surface area contributed by atoms with Crippen molar-refractivity contribution in [2.24, 2.45) is 5.92 Å². The van der Waals surface area contributed by atoms with Gasteiger partial charge in [0.2, 0.25) is 5.89 Å². The predicted octanol–water partition coefficient (Wildman–Crippen LogP) is 3.52. The van der Waals surface area contributed by atoms with Gasteiger partial charge in [-0.25, -0.2) is 13.4 Å². The van der Waals surface area contributed by atoms with E-state index in [0.717, 1.165) is 10.7 Å². The van der Waals surface area contributed by atoms with E-state index in [9.17, 15) is 8.42 Å². The molecule has 0 amide bonds. The first-order chi connectivity index (χ1) is 12.1. The summed E-state index contributed by atoms with van der Waals surface area (Å²) in [6.07, 6.45) is 1.21. The Morgan fingerprint density at radius 2 is 2.24 bits per heavy atom. The second-order valence-corrected chi connectivity index (χ2v) is 10.8. The van der Waals surface area contributed by atoms with Crippen molar-refractivity contribution in [1.82, 2.24) is 15.2 Å². The van der Waals surface area contributed by atoms with E-state index >= 15 is 0 Å². The van der Waals surface area contributed by atoms with Gasteiger partial charge in [0.05, 0.1) is 22.1 Å². The lowest BCUT2D eigenvalue weighted by Crippen LogP contribution is -2.07. The van der Waals surface area contributed by atoms with Crippen LogP contribution in [0.1, 0.15) is 18.0 Å². The van der Waals surface area contributed by atoms with E-state index in [0.29, 0.717) is 29.7 Å². The van der Waals surface area contributed by atoms with Crippen molar-refractivity contribution in [1.29, 1.82) is 0 Å². The SMILES string of the molecule is O=S1(=O)CC[C@H](Cc2nnc(SCc3csc(-c4cccs4)n3)o2)C1. The highest BCUT2D eigenvalue weighted by molar-refractivity contribution is 7.98. The van der Waals surface area contributed by atoms with Crippen molar-refractivity contribution < 1.29 is 12.8 Å². The zero-order valence-corrected chi connectivity index (χ0v) is 16.4. The molecule has 0 unspecified atom stereocenters. The van der Waals surface area contributed by atoms with Crippen LogP contribution >= 0.6 is 34.4 Å². The number of hydrogen-bond donors (Lipinski definition) is 0. The maximum atomic E-state index is 11.5. The summed E-state index contributed by atoms with van der Waals surface area (Å²) in [6.45, 7) is 0. The second-order valence-electron chi connectivity index (χ2n) is 5.84. The molecule has 25 heavy (non-hydrogen) atoms. The van der Waals surface area contributed by atoms with Crippen LogP contribution in [-0.4, -0.2) is 35.1 Å². The topological polar surface area (TPSA) is 86.0 Å². The van der Waals surface area contributed by atoms with Gasteiger partial charge in [0.25, 0.3) is 5.22 Å². The molecular formula is C15H15N3O3S4. The fourth-order valence-corrected chi connectivity index (χ4v) is 6.96. The van der Waals surface area contributed by atoms with E-state index in [1.54, 1.807) is 22.7 Å². The van der Waals surface area contributed by atoms with E-state index in [-0.39, 0.29) is 17.4 Å². The molecule has 3 aromatic heterocycles. The van der Waals surface area contributed by atoms with Gasteiger partial charge < -0.3 is 4.42 Å². The first-order valence-corrected chi connectivity index (χ1v) is 12.3. The molecule has 6 nitrogen and oxygen atoms in total. The van der Waals surface area contributed by atoms with Gasteiger partial charge in [0, 0.05) is 17.6 Å². The van der Waals surface area contributed by atoms with E-state index in [1.165, 1.54) is 16.6 Å². The smallest absolute Gasteiger partial charge is 0.276 e. The van der Waals surface area contributed by atoms with Crippen LogP contribution in [-0.2, 0) is 22.0 Å². The molecule has 1 fully saturated rings. The maximum absolute atomic E-state index is 11.5. The summed E-state index contributed by atoms with van der Waals surface area (Å²) in [5.41, 5.74) is 0.986. The Labute approximate surface area is 157 Å². The first kappa shape index (κ1) is 17.2. The minimum atomic E-state index is -2.87. The summed E-state index contributed by atoms with van der Waals surface area (Å²) >= 11 is 4.76. The zero-order chi connectivity index (χ0) is 17.3.